The number of para-hydroxylation sites is 1. The molecule has 0 aliphatic heterocycles. The molecule has 134 valence electrons. The lowest BCUT2D eigenvalue weighted by Gasteiger charge is -2.17. The van der Waals surface area contributed by atoms with Crippen molar-refractivity contribution in [3.63, 3.8) is 0 Å². The van der Waals surface area contributed by atoms with Crippen LogP contribution in [0.3, 0.4) is 0 Å². The molecule has 0 fully saturated rings. The number of hydrogen-bond donors (Lipinski definition) is 1. The summed E-state index contributed by atoms with van der Waals surface area (Å²) in [6, 6.07) is 14.0. The Labute approximate surface area is 157 Å². The fraction of sp³-hybridized carbons (Fsp3) is 0.235. The molecule has 0 aliphatic rings. The highest BCUT2D eigenvalue weighted by Gasteiger charge is 2.23. The van der Waals surface area contributed by atoms with Crippen molar-refractivity contribution in [3.05, 3.63) is 48.5 Å². The Balaban J connectivity index is 2.09. The predicted octanol–water partition coefficient (Wildman–Crippen LogP) is 3.39. The molecule has 2 aromatic rings. The van der Waals surface area contributed by atoms with Crippen LogP contribution in [0.1, 0.15) is 0 Å². The molecule has 0 heterocycles. The minimum atomic E-state index is -3.71. The second-order valence-corrected chi connectivity index (χ2v) is 8.96. The van der Waals surface area contributed by atoms with Crippen LogP contribution in [0.15, 0.2) is 63.2 Å². The third kappa shape index (κ3) is 5.01. The number of anilines is 1. The topological polar surface area (TPSA) is 66.5 Å². The van der Waals surface area contributed by atoms with E-state index in [0.29, 0.717) is 5.69 Å². The zero-order chi connectivity index (χ0) is 18.4. The highest BCUT2D eigenvalue weighted by Crippen LogP contribution is 2.25. The molecule has 5 nitrogen and oxygen atoms in total. The van der Waals surface area contributed by atoms with Crippen molar-refractivity contribution in [1.82, 2.24) is 4.31 Å². The van der Waals surface area contributed by atoms with Gasteiger partial charge in [-0.25, -0.2) is 8.42 Å². The minimum absolute atomic E-state index is 0.171. The zero-order valence-electron chi connectivity index (χ0n) is 14.2. The van der Waals surface area contributed by atoms with E-state index in [2.05, 4.69) is 5.32 Å². The van der Waals surface area contributed by atoms with Gasteiger partial charge in [0.1, 0.15) is 0 Å². The summed E-state index contributed by atoms with van der Waals surface area (Å²) in [5.74, 6) is -0.381. The Morgan fingerprint density at radius 1 is 1.04 bits per heavy atom. The van der Waals surface area contributed by atoms with Crippen molar-refractivity contribution in [3.8, 4) is 0 Å². The minimum Gasteiger partial charge on any atom is -0.324 e. The van der Waals surface area contributed by atoms with E-state index in [0.717, 1.165) is 14.1 Å². The maximum Gasteiger partial charge on any atom is 0.243 e. The van der Waals surface area contributed by atoms with Gasteiger partial charge in [0.15, 0.2) is 0 Å². The Bertz CT molecular complexity index is 836. The van der Waals surface area contributed by atoms with Crippen LogP contribution in [0.2, 0.25) is 0 Å². The van der Waals surface area contributed by atoms with Crippen LogP contribution in [0.25, 0.3) is 0 Å². The van der Waals surface area contributed by atoms with Gasteiger partial charge in [-0.15, -0.1) is 23.5 Å². The molecule has 1 amide bonds. The quantitative estimate of drug-likeness (QED) is 0.727. The number of likely N-dealkylation sites (N-methyl/N-ethyl adjacent to an activating group) is 1. The number of sulfonamides is 1. The van der Waals surface area contributed by atoms with Gasteiger partial charge in [0.05, 0.1) is 17.1 Å². The number of rotatable bonds is 7. The summed E-state index contributed by atoms with van der Waals surface area (Å²) in [5, 5.41) is 2.76. The average molecular weight is 397 g/mol. The van der Waals surface area contributed by atoms with Crippen LogP contribution < -0.4 is 5.32 Å². The smallest absolute Gasteiger partial charge is 0.243 e. The van der Waals surface area contributed by atoms with E-state index in [4.69, 9.17) is 0 Å². The summed E-state index contributed by atoms with van der Waals surface area (Å²) >= 11 is 3.05. The number of amides is 1. The Kier molecular flexibility index (Phi) is 6.95. The molecular weight excluding hydrogens is 376 g/mol. The first-order valence-corrected chi connectivity index (χ1v) is 11.3. The van der Waals surface area contributed by atoms with E-state index in [1.54, 1.807) is 30.3 Å². The largest absolute Gasteiger partial charge is 0.324 e. The van der Waals surface area contributed by atoms with Crippen molar-refractivity contribution in [2.24, 2.45) is 0 Å². The second-order valence-electron chi connectivity index (χ2n) is 5.19. The van der Waals surface area contributed by atoms with E-state index in [-0.39, 0.29) is 17.3 Å². The lowest BCUT2D eigenvalue weighted by atomic mass is 10.3. The highest BCUT2D eigenvalue weighted by molar-refractivity contribution is 7.99. The van der Waals surface area contributed by atoms with Gasteiger partial charge in [-0.3, -0.25) is 4.79 Å². The third-order valence-electron chi connectivity index (χ3n) is 3.51. The van der Waals surface area contributed by atoms with Gasteiger partial charge < -0.3 is 5.32 Å². The van der Waals surface area contributed by atoms with Gasteiger partial charge in [0.25, 0.3) is 0 Å². The Morgan fingerprint density at radius 2 is 1.68 bits per heavy atom. The van der Waals surface area contributed by atoms with Gasteiger partial charge in [-0.05, 0) is 48.9 Å². The fourth-order valence-electron chi connectivity index (χ4n) is 2.15. The molecule has 0 saturated heterocycles. The van der Waals surface area contributed by atoms with Crippen molar-refractivity contribution < 1.29 is 13.2 Å². The van der Waals surface area contributed by atoms with E-state index < -0.39 is 10.0 Å². The zero-order valence-corrected chi connectivity index (χ0v) is 16.7. The van der Waals surface area contributed by atoms with Crippen molar-refractivity contribution in [2.75, 3.05) is 31.4 Å². The first-order chi connectivity index (χ1) is 11.9. The van der Waals surface area contributed by atoms with Gasteiger partial charge in [0.2, 0.25) is 15.9 Å². The van der Waals surface area contributed by atoms with E-state index in [1.807, 2.05) is 30.7 Å². The number of hydrogen-bond acceptors (Lipinski definition) is 5. The molecule has 0 aromatic heterocycles. The molecular formula is C17H20N2O3S3. The SMILES string of the molecule is CSc1ccc(S(=O)(=O)N(C)CC(=O)Nc2ccccc2SC)cc1. The highest BCUT2D eigenvalue weighted by atomic mass is 32.2. The first-order valence-electron chi connectivity index (χ1n) is 7.41. The second kappa shape index (κ2) is 8.75. The molecule has 8 heteroatoms. The molecule has 0 spiro atoms. The van der Waals surface area contributed by atoms with Gasteiger partial charge in [-0.1, -0.05) is 12.1 Å². The molecule has 0 atom stereocenters. The van der Waals surface area contributed by atoms with Gasteiger partial charge in [0, 0.05) is 16.8 Å². The van der Waals surface area contributed by atoms with Gasteiger partial charge >= 0.3 is 0 Å². The van der Waals surface area contributed by atoms with Crippen molar-refractivity contribution >= 4 is 45.1 Å². The maximum atomic E-state index is 12.6. The number of benzene rings is 2. The summed E-state index contributed by atoms with van der Waals surface area (Å²) in [6.07, 6.45) is 3.84. The number of nitrogens with zero attached hydrogens (tertiary/aromatic N) is 1. The molecule has 0 radical (unpaired) electrons. The lowest BCUT2D eigenvalue weighted by molar-refractivity contribution is -0.116. The van der Waals surface area contributed by atoms with Crippen LogP contribution in [-0.2, 0) is 14.8 Å². The van der Waals surface area contributed by atoms with Crippen LogP contribution in [0.5, 0.6) is 0 Å². The third-order valence-corrected chi connectivity index (χ3v) is 6.87. The Morgan fingerprint density at radius 3 is 2.28 bits per heavy atom. The maximum absolute atomic E-state index is 12.6. The normalized spacial score (nSPS) is 11.5. The number of nitrogens with one attached hydrogen (secondary N) is 1. The summed E-state index contributed by atoms with van der Waals surface area (Å²) in [7, 11) is -2.31. The summed E-state index contributed by atoms with van der Waals surface area (Å²) in [6.45, 7) is -0.255. The average Bonchev–Trinajstić information content (AvgIpc) is 2.62. The molecule has 0 bridgehead atoms. The van der Waals surface area contributed by atoms with E-state index in [9.17, 15) is 13.2 Å². The fourth-order valence-corrected chi connectivity index (χ4v) is 4.24. The number of carbonyl (C=O) groups is 1. The van der Waals surface area contributed by atoms with E-state index >= 15 is 0 Å². The van der Waals surface area contributed by atoms with Crippen LogP contribution >= 0.6 is 23.5 Å². The number of carbonyl (C=O) groups excluding carboxylic acids is 1. The van der Waals surface area contributed by atoms with Crippen molar-refractivity contribution in [1.29, 1.82) is 0 Å². The predicted molar refractivity (Wildman–Crippen MR) is 105 cm³/mol. The van der Waals surface area contributed by atoms with Crippen LogP contribution in [0, 0.1) is 0 Å². The molecule has 0 saturated carbocycles. The Hall–Kier alpha value is -1.48. The van der Waals surface area contributed by atoms with E-state index in [1.165, 1.54) is 30.6 Å². The van der Waals surface area contributed by atoms with Crippen LogP contribution in [0.4, 0.5) is 5.69 Å². The standard InChI is InChI=1S/C17H20N2O3S3/c1-19(25(21,22)14-10-8-13(23-2)9-11-14)12-17(20)18-15-6-4-5-7-16(15)24-3/h4-11H,12H2,1-3H3,(H,18,20). The molecule has 1 N–H and O–H groups in total. The molecule has 25 heavy (non-hydrogen) atoms. The molecule has 0 unspecified atom stereocenters. The lowest BCUT2D eigenvalue weighted by Crippen LogP contribution is -2.35. The molecule has 0 aliphatic carbocycles. The summed E-state index contributed by atoms with van der Waals surface area (Å²) in [4.78, 5) is 14.3. The summed E-state index contributed by atoms with van der Waals surface area (Å²) < 4.78 is 26.2. The van der Waals surface area contributed by atoms with Crippen LogP contribution in [-0.4, -0.2) is 44.7 Å². The summed E-state index contributed by atoms with van der Waals surface area (Å²) in [5.41, 5.74) is 0.676. The van der Waals surface area contributed by atoms with Gasteiger partial charge in [-0.2, -0.15) is 4.31 Å². The monoisotopic (exact) mass is 396 g/mol. The molecule has 2 rings (SSSR count). The molecule has 2 aromatic carbocycles. The number of thioether (sulfide) groups is 2. The van der Waals surface area contributed by atoms with Crippen molar-refractivity contribution in [2.45, 2.75) is 14.7 Å². The first kappa shape index (κ1) is 19.8.